The number of rotatable bonds is 7. The molecule has 3 atom stereocenters. The summed E-state index contributed by atoms with van der Waals surface area (Å²) >= 11 is 0. The van der Waals surface area contributed by atoms with E-state index in [0.717, 1.165) is 29.3 Å². The van der Waals surface area contributed by atoms with Gasteiger partial charge in [0.05, 0.1) is 0 Å². The Morgan fingerprint density at radius 1 is 1.24 bits per heavy atom. The van der Waals surface area contributed by atoms with Crippen molar-refractivity contribution in [2.75, 3.05) is 0 Å². The lowest BCUT2D eigenvalue weighted by molar-refractivity contribution is 0.0496. The molecule has 4 rings (SSSR count). The Labute approximate surface area is 195 Å². The normalized spacial score (nSPS) is 20.1. The Morgan fingerprint density at radius 2 is 2.00 bits per heavy atom. The van der Waals surface area contributed by atoms with Gasteiger partial charge in [-0.15, -0.1) is 0 Å². The van der Waals surface area contributed by atoms with Crippen LogP contribution >= 0.6 is 0 Å². The molecule has 3 unspecified atom stereocenters. The summed E-state index contributed by atoms with van der Waals surface area (Å²) in [6.45, 7) is 6.95. The van der Waals surface area contributed by atoms with E-state index in [9.17, 15) is 4.79 Å². The first-order valence-corrected chi connectivity index (χ1v) is 12.1. The van der Waals surface area contributed by atoms with Gasteiger partial charge in [-0.2, -0.15) is 0 Å². The second-order valence-electron chi connectivity index (χ2n) is 9.40. The molecule has 1 aliphatic rings. The van der Waals surface area contributed by atoms with E-state index in [2.05, 4.69) is 47.8 Å². The molecule has 4 N–H and O–H groups in total. The number of aromatic nitrogens is 2. The highest BCUT2D eigenvalue weighted by Gasteiger charge is 2.32. The van der Waals surface area contributed by atoms with Gasteiger partial charge in [0.15, 0.2) is 0 Å². The number of pyridine rings is 2. The fraction of sp³-hybridized carbons (Fsp3) is 0.444. The van der Waals surface area contributed by atoms with Crippen molar-refractivity contribution in [3.8, 4) is 11.1 Å². The standard InChI is InChI=1S/C27H35N5O/c1-4-5-12-25(32-17(2)8-6-9-18(32)3)20-10-7-11-23-22(20)16-21(27(33)31-23)19-13-14-30-24(15-19)26(28)29/h7,10-11,13-18,25H,4-6,8-9,12H2,1-3H3,(H3,28,29)(H,31,33). The van der Waals surface area contributed by atoms with E-state index in [-0.39, 0.29) is 11.4 Å². The zero-order valence-corrected chi connectivity index (χ0v) is 19.9. The zero-order valence-electron chi connectivity index (χ0n) is 19.9. The van der Waals surface area contributed by atoms with E-state index in [1.807, 2.05) is 12.1 Å². The average Bonchev–Trinajstić information content (AvgIpc) is 2.80. The van der Waals surface area contributed by atoms with Gasteiger partial charge in [-0.25, -0.2) is 0 Å². The van der Waals surface area contributed by atoms with Gasteiger partial charge in [-0.3, -0.25) is 20.1 Å². The van der Waals surface area contributed by atoms with Gasteiger partial charge in [-0.05, 0) is 68.5 Å². The van der Waals surface area contributed by atoms with Crippen LogP contribution in [-0.2, 0) is 0 Å². The summed E-state index contributed by atoms with van der Waals surface area (Å²) in [5.41, 5.74) is 9.30. The fourth-order valence-electron chi connectivity index (χ4n) is 5.42. The van der Waals surface area contributed by atoms with Crippen LogP contribution in [-0.4, -0.2) is 32.8 Å². The van der Waals surface area contributed by atoms with Crippen molar-refractivity contribution in [1.82, 2.24) is 14.9 Å². The highest BCUT2D eigenvalue weighted by atomic mass is 16.1. The number of likely N-dealkylation sites (tertiary alicyclic amines) is 1. The number of hydrogen-bond acceptors (Lipinski definition) is 4. The third-order valence-electron chi connectivity index (χ3n) is 7.08. The summed E-state index contributed by atoms with van der Waals surface area (Å²) in [6, 6.07) is 13.2. The number of benzene rings is 1. The highest BCUT2D eigenvalue weighted by molar-refractivity contribution is 5.94. The number of nitrogen functional groups attached to an aromatic ring is 1. The van der Waals surface area contributed by atoms with Gasteiger partial charge in [0, 0.05) is 40.8 Å². The van der Waals surface area contributed by atoms with E-state index >= 15 is 0 Å². The summed E-state index contributed by atoms with van der Waals surface area (Å²) < 4.78 is 0. The fourth-order valence-corrected chi connectivity index (χ4v) is 5.42. The molecule has 0 aliphatic carbocycles. The Bertz CT molecular complexity index is 1190. The molecule has 0 spiro atoms. The van der Waals surface area contributed by atoms with Crippen LogP contribution in [0.25, 0.3) is 22.0 Å². The molecule has 174 valence electrons. The summed E-state index contributed by atoms with van der Waals surface area (Å²) in [5.74, 6) is -0.109. The Kier molecular flexibility index (Phi) is 6.94. The molecular formula is C27H35N5O. The van der Waals surface area contributed by atoms with Crippen LogP contribution < -0.4 is 11.3 Å². The number of amidine groups is 1. The van der Waals surface area contributed by atoms with Crippen LogP contribution in [0.15, 0.2) is 47.4 Å². The highest BCUT2D eigenvalue weighted by Crippen LogP contribution is 2.38. The minimum Gasteiger partial charge on any atom is -0.382 e. The summed E-state index contributed by atoms with van der Waals surface area (Å²) in [4.78, 5) is 23.0. The van der Waals surface area contributed by atoms with Crippen molar-refractivity contribution in [1.29, 1.82) is 5.41 Å². The van der Waals surface area contributed by atoms with Crippen molar-refractivity contribution in [3.63, 3.8) is 0 Å². The Hall–Kier alpha value is -2.99. The van der Waals surface area contributed by atoms with Crippen molar-refractivity contribution < 1.29 is 0 Å². The number of fused-ring (bicyclic) bond motifs is 1. The van der Waals surface area contributed by atoms with Crippen LogP contribution in [0.5, 0.6) is 0 Å². The van der Waals surface area contributed by atoms with Gasteiger partial charge in [0.25, 0.3) is 5.56 Å². The van der Waals surface area contributed by atoms with E-state index in [4.69, 9.17) is 11.1 Å². The van der Waals surface area contributed by atoms with E-state index in [1.165, 1.54) is 31.2 Å². The number of unbranched alkanes of at least 4 members (excludes halogenated alkanes) is 1. The molecule has 1 fully saturated rings. The van der Waals surface area contributed by atoms with Gasteiger partial charge >= 0.3 is 0 Å². The molecule has 3 heterocycles. The first kappa shape index (κ1) is 23.2. The second kappa shape index (κ2) is 9.87. The number of nitrogens with one attached hydrogen (secondary N) is 2. The van der Waals surface area contributed by atoms with Gasteiger partial charge in [0.1, 0.15) is 11.5 Å². The summed E-state index contributed by atoms with van der Waals surface area (Å²) in [6.07, 6.45) is 8.76. The lowest BCUT2D eigenvalue weighted by Gasteiger charge is -2.45. The molecule has 6 nitrogen and oxygen atoms in total. The predicted molar refractivity (Wildman–Crippen MR) is 136 cm³/mol. The topological polar surface area (TPSA) is 98.9 Å². The molecule has 0 radical (unpaired) electrons. The van der Waals surface area contributed by atoms with Crippen molar-refractivity contribution in [2.24, 2.45) is 5.73 Å². The number of nitrogens with two attached hydrogens (primary N) is 1. The van der Waals surface area contributed by atoms with Crippen molar-refractivity contribution in [2.45, 2.75) is 77.4 Å². The lowest BCUT2D eigenvalue weighted by atomic mass is 9.88. The summed E-state index contributed by atoms with van der Waals surface area (Å²) in [5, 5.41) is 8.79. The molecule has 2 aromatic heterocycles. The first-order valence-electron chi connectivity index (χ1n) is 12.1. The molecule has 0 amide bonds. The monoisotopic (exact) mass is 445 g/mol. The first-order chi connectivity index (χ1) is 15.9. The molecule has 0 bridgehead atoms. The third-order valence-corrected chi connectivity index (χ3v) is 7.08. The predicted octanol–water partition coefficient (Wildman–Crippen LogP) is 5.37. The molecule has 0 saturated carbocycles. The maximum absolute atomic E-state index is 13.0. The van der Waals surface area contributed by atoms with Crippen LogP contribution in [0.2, 0.25) is 0 Å². The minimum atomic E-state index is -0.148. The maximum Gasteiger partial charge on any atom is 0.256 e. The third kappa shape index (κ3) is 4.71. The molecule has 3 aromatic rings. The van der Waals surface area contributed by atoms with E-state index < -0.39 is 0 Å². The smallest absolute Gasteiger partial charge is 0.256 e. The van der Waals surface area contributed by atoms with Crippen molar-refractivity contribution >= 4 is 16.7 Å². The van der Waals surface area contributed by atoms with Crippen LogP contribution in [0, 0.1) is 5.41 Å². The zero-order chi connectivity index (χ0) is 23.5. The number of aromatic amines is 1. The molecule has 1 aromatic carbocycles. The molecule has 1 saturated heterocycles. The van der Waals surface area contributed by atoms with Gasteiger partial charge in [0.2, 0.25) is 0 Å². The van der Waals surface area contributed by atoms with Crippen LogP contribution in [0.3, 0.4) is 0 Å². The lowest BCUT2D eigenvalue weighted by Crippen LogP contribution is -2.46. The molecule has 1 aliphatic heterocycles. The average molecular weight is 446 g/mol. The summed E-state index contributed by atoms with van der Waals surface area (Å²) in [7, 11) is 0. The Morgan fingerprint density at radius 3 is 2.70 bits per heavy atom. The number of nitrogens with zero attached hydrogens (tertiary/aromatic N) is 2. The largest absolute Gasteiger partial charge is 0.382 e. The molecule has 33 heavy (non-hydrogen) atoms. The Balaban J connectivity index is 1.88. The van der Waals surface area contributed by atoms with Gasteiger partial charge < -0.3 is 10.7 Å². The second-order valence-corrected chi connectivity index (χ2v) is 9.40. The van der Waals surface area contributed by atoms with Crippen LogP contribution in [0.1, 0.15) is 76.6 Å². The molecule has 6 heteroatoms. The minimum absolute atomic E-state index is 0.109. The van der Waals surface area contributed by atoms with E-state index in [1.54, 1.807) is 18.3 Å². The SMILES string of the molecule is CCCCC(c1cccc2[nH]c(=O)c(-c3ccnc(C(=N)N)c3)cc12)N1C(C)CCCC1C. The molecular weight excluding hydrogens is 410 g/mol. The quantitative estimate of drug-likeness (QED) is 0.336. The van der Waals surface area contributed by atoms with Crippen LogP contribution in [0.4, 0.5) is 0 Å². The van der Waals surface area contributed by atoms with Gasteiger partial charge in [-0.1, -0.05) is 38.3 Å². The number of H-pyrrole nitrogens is 1. The van der Waals surface area contributed by atoms with Crippen molar-refractivity contribution in [3.05, 3.63) is 64.2 Å². The van der Waals surface area contributed by atoms with E-state index in [0.29, 0.717) is 29.4 Å². The number of piperidine rings is 1. The maximum atomic E-state index is 13.0. The number of hydrogen-bond donors (Lipinski definition) is 3.